The SMILES string of the molecule is C=N/C(=C\SCNc1ccc(C(=O)N2CCC[C@@H]2C)cn1)c1sc(C)nc1C.CCCC. The molecule has 2 aromatic rings. The molecule has 3 heterocycles. The van der Waals surface area contributed by atoms with Crippen molar-refractivity contribution in [1.82, 2.24) is 14.9 Å². The third-order valence-electron chi connectivity index (χ3n) is 5.16. The predicted octanol–water partition coefficient (Wildman–Crippen LogP) is 6.39. The summed E-state index contributed by atoms with van der Waals surface area (Å²) in [6.45, 7) is 14.9. The predicted molar refractivity (Wildman–Crippen MR) is 140 cm³/mol. The van der Waals surface area contributed by atoms with Crippen LogP contribution in [0.1, 0.15) is 72.4 Å². The molecule has 0 bridgehead atoms. The van der Waals surface area contributed by atoms with Gasteiger partial charge in [0.1, 0.15) is 5.82 Å². The third-order valence-corrected chi connectivity index (χ3v) is 6.96. The van der Waals surface area contributed by atoms with Gasteiger partial charge in [-0.1, -0.05) is 26.7 Å². The highest BCUT2D eigenvalue weighted by Crippen LogP contribution is 2.28. The summed E-state index contributed by atoms with van der Waals surface area (Å²) in [5, 5.41) is 6.25. The maximum absolute atomic E-state index is 12.5. The quantitative estimate of drug-likeness (QED) is 0.273. The number of thiazole rings is 1. The van der Waals surface area contributed by atoms with Gasteiger partial charge in [-0.3, -0.25) is 9.79 Å². The fourth-order valence-electron chi connectivity index (χ4n) is 3.19. The average molecular weight is 474 g/mol. The number of anilines is 1. The minimum atomic E-state index is 0.0679. The lowest BCUT2D eigenvalue weighted by Gasteiger charge is -2.21. The van der Waals surface area contributed by atoms with E-state index < -0.39 is 0 Å². The maximum Gasteiger partial charge on any atom is 0.255 e. The van der Waals surface area contributed by atoms with Crippen LogP contribution in [0.2, 0.25) is 0 Å². The molecule has 0 aliphatic carbocycles. The van der Waals surface area contributed by atoms with Crippen molar-refractivity contribution in [3.05, 3.63) is 44.9 Å². The van der Waals surface area contributed by atoms with Gasteiger partial charge in [0.15, 0.2) is 0 Å². The van der Waals surface area contributed by atoms with Gasteiger partial charge in [-0.2, -0.15) is 0 Å². The first kappa shape index (κ1) is 26.1. The number of aliphatic imine (C=N–C) groups is 1. The fraction of sp³-hybridized carbons (Fsp3) is 0.500. The average Bonchev–Trinajstić information content (AvgIpc) is 3.38. The number of pyridine rings is 1. The van der Waals surface area contributed by atoms with Gasteiger partial charge in [-0.05, 0) is 57.9 Å². The number of rotatable bonds is 8. The number of thioether (sulfide) groups is 1. The molecule has 8 heteroatoms. The molecule has 1 aliphatic heterocycles. The Balaban J connectivity index is 0.000000837. The first-order valence-electron chi connectivity index (χ1n) is 11.1. The zero-order valence-electron chi connectivity index (χ0n) is 19.9. The number of hydrogen-bond acceptors (Lipinski definition) is 7. The van der Waals surface area contributed by atoms with Gasteiger partial charge in [0.05, 0.1) is 32.7 Å². The summed E-state index contributed by atoms with van der Waals surface area (Å²) in [7, 11) is 0. The number of hydrogen-bond donors (Lipinski definition) is 1. The van der Waals surface area contributed by atoms with Crippen LogP contribution >= 0.6 is 23.1 Å². The molecule has 1 saturated heterocycles. The van der Waals surface area contributed by atoms with E-state index in [1.165, 1.54) is 12.8 Å². The van der Waals surface area contributed by atoms with Crippen molar-refractivity contribution in [3.8, 4) is 0 Å². The number of carbonyl (C=O) groups excluding carboxylic acids is 1. The number of nitrogens with zero attached hydrogens (tertiary/aromatic N) is 4. The molecular formula is C24H35N5OS2. The van der Waals surface area contributed by atoms with Crippen molar-refractivity contribution in [3.63, 3.8) is 0 Å². The molecule has 1 atom stereocenters. The molecule has 32 heavy (non-hydrogen) atoms. The van der Waals surface area contributed by atoms with Crippen molar-refractivity contribution in [1.29, 1.82) is 0 Å². The van der Waals surface area contributed by atoms with E-state index in [0.29, 0.717) is 17.5 Å². The number of amides is 1. The minimum Gasteiger partial charge on any atom is -0.361 e. The van der Waals surface area contributed by atoms with Crippen molar-refractivity contribution in [2.24, 2.45) is 4.99 Å². The van der Waals surface area contributed by atoms with Gasteiger partial charge in [-0.25, -0.2) is 9.97 Å². The number of carbonyl (C=O) groups is 1. The maximum atomic E-state index is 12.5. The highest BCUT2D eigenvalue weighted by atomic mass is 32.2. The van der Waals surface area contributed by atoms with Crippen molar-refractivity contribution in [2.75, 3.05) is 17.7 Å². The first-order valence-corrected chi connectivity index (χ1v) is 13.0. The summed E-state index contributed by atoms with van der Waals surface area (Å²) >= 11 is 3.20. The zero-order valence-corrected chi connectivity index (χ0v) is 21.5. The summed E-state index contributed by atoms with van der Waals surface area (Å²) in [6.07, 6.45) is 6.44. The summed E-state index contributed by atoms with van der Waals surface area (Å²) in [5.41, 5.74) is 2.45. The monoisotopic (exact) mass is 473 g/mol. The van der Waals surface area contributed by atoms with Crippen LogP contribution in [0.5, 0.6) is 0 Å². The lowest BCUT2D eigenvalue weighted by Crippen LogP contribution is -2.33. The zero-order chi connectivity index (χ0) is 23.5. The Bertz CT molecular complexity index is 906. The Morgan fingerprint density at radius 3 is 2.62 bits per heavy atom. The molecule has 6 nitrogen and oxygen atoms in total. The van der Waals surface area contributed by atoms with Gasteiger partial charge in [-0.15, -0.1) is 23.1 Å². The Hall–Kier alpha value is -2.19. The molecule has 0 aromatic carbocycles. The summed E-state index contributed by atoms with van der Waals surface area (Å²) in [6, 6.07) is 4.00. The van der Waals surface area contributed by atoms with Crippen LogP contribution < -0.4 is 5.32 Å². The second-order valence-electron chi connectivity index (χ2n) is 7.72. The molecule has 0 spiro atoms. The molecular weight excluding hydrogens is 438 g/mol. The lowest BCUT2D eigenvalue weighted by atomic mass is 10.2. The van der Waals surface area contributed by atoms with E-state index in [9.17, 15) is 4.79 Å². The van der Waals surface area contributed by atoms with E-state index in [1.54, 1.807) is 29.3 Å². The molecule has 2 aromatic heterocycles. The van der Waals surface area contributed by atoms with E-state index in [-0.39, 0.29) is 5.91 Å². The number of unbranched alkanes of at least 4 members (excludes halogenated alkanes) is 1. The van der Waals surface area contributed by atoms with Gasteiger partial charge in [0.25, 0.3) is 5.91 Å². The van der Waals surface area contributed by atoms with Gasteiger partial charge >= 0.3 is 0 Å². The molecule has 1 aliphatic rings. The lowest BCUT2D eigenvalue weighted by molar-refractivity contribution is 0.0747. The van der Waals surface area contributed by atoms with Crippen LogP contribution in [0.15, 0.2) is 28.7 Å². The standard InChI is InChI=1S/C20H25N5OS2.C4H10/c1-13-6-5-9-25(13)20(26)16-7-8-18(22-10-16)23-12-27-11-17(21-4)19-14(2)24-15(3)28-19;1-3-4-2/h7-8,10-11,13H,4-6,9,12H2,1-3H3,(H,22,23);3-4H2,1-2H3/b17-11-;/t13-;/m0./s1. The van der Waals surface area contributed by atoms with Crippen LogP contribution in [0.4, 0.5) is 5.82 Å². The molecule has 1 amide bonds. The fourth-order valence-corrected chi connectivity index (χ4v) is 4.83. The third kappa shape index (κ3) is 7.45. The Labute approximate surface area is 200 Å². The number of aryl methyl sites for hydroxylation is 2. The van der Waals surface area contributed by atoms with E-state index in [0.717, 1.165) is 46.5 Å². The molecule has 1 fully saturated rings. The van der Waals surface area contributed by atoms with Crippen LogP contribution in [0.3, 0.4) is 0 Å². The summed E-state index contributed by atoms with van der Waals surface area (Å²) in [4.78, 5) is 28.4. The van der Waals surface area contributed by atoms with Gasteiger partial charge in [0.2, 0.25) is 0 Å². The van der Waals surface area contributed by atoms with Gasteiger partial charge in [0, 0.05) is 18.8 Å². The summed E-state index contributed by atoms with van der Waals surface area (Å²) < 4.78 is 0. The molecule has 174 valence electrons. The van der Waals surface area contributed by atoms with Crippen molar-refractivity contribution >= 4 is 47.2 Å². The number of aromatic nitrogens is 2. The summed E-state index contributed by atoms with van der Waals surface area (Å²) in [5.74, 6) is 1.45. The van der Waals surface area contributed by atoms with Crippen LogP contribution in [0.25, 0.3) is 5.70 Å². The van der Waals surface area contributed by atoms with Crippen molar-refractivity contribution < 1.29 is 4.79 Å². The molecule has 3 rings (SSSR count). The number of nitrogens with one attached hydrogen (secondary N) is 1. The highest BCUT2D eigenvalue weighted by molar-refractivity contribution is 8.02. The number of likely N-dealkylation sites (tertiary alicyclic amines) is 1. The van der Waals surface area contributed by atoms with E-state index >= 15 is 0 Å². The van der Waals surface area contributed by atoms with Crippen LogP contribution in [-0.2, 0) is 0 Å². The van der Waals surface area contributed by atoms with Gasteiger partial charge < -0.3 is 10.2 Å². The molecule has 0 unspecified atom stereocenters. The van der Waals surface area contributed by atoms with E-state index in [4.69, 9.17) is 0 Å². The second-order valence-corrected chi connectivity index (χ2v) is 9.78. The van der Waals surface area contributed by atoms with Crippen molar-refractivity contribution in [2.45, 2.75) is 66.3 Å². The Morgan fingerprint density at radius 2 is 2.12 bits per heavy atom. The first-order chi connectivity index (χ1) is 15.4. The molecule has 0 radical (unpaired) electrons. The van der Waals surface area contributed by atoms with E-state index in [1.807, 2.05) is 36.3 Å². The Morgan fingerprint density at radius 1 is 1.38 bits per heavy atom. The Kier molecular flexibility index (Phi) is 10.9. The van der Waals surface area contributed by atoms with Crippen LogP contribution in [0, 0.1) is 13.8 Å². The minimum absolute atomic E-state index is 0.0679. The largest absolute Gasteiger partial charge is 0.361 e. The smallest absolute Gasteiger partial charge is 0.255 e. The molecule has 1 N–H and O–H groups in total. The van der Waals surface area contributed by atoms with Crippen LogP contribution in [-0.4, -0.2) is 46.0 Å². The normalized spacial score (nSPS) is 15.8. The highest BCUT2D eigenvalue weighted by Gasteiger charge is 2.26. The van der Waals surface area contributed by atoms with E-state index in [2.05, 4.69) is 47.8 Å². The topological polar surface area (TPSA) is 70.5 Å². The second kappa shape index (κ2) is 13.4. The molecule has 0 saturated carbocycles.